The van der Waals surface area contributed by atoms with Crippen molar-refractivity contribution < 1.29 is 21.2 Å². The first kappa shape index (κ1) is 10.7. The molecule has 0 saturated heterocycles. The van der Waals surface area contributed by atoms with E-state index < -0.39 is 0 Å². The van der Waals surface area contributed by atoms with Gasteiger partial charge in [-0.2, -0.15) is 0 Å². The van der Waals surface area contributed by atoms with Gasteiger partial charge < -0.3 is 0 Å². The molecule has 2 aliphatic carbocycles. The average molecular weight is 303 g/mol. The molecule has 0 spiro atoms. The fourth-order valence-electron chi connectivity index (χ4n) is 2.66. The van der Waals surface area contributed by atoms with Gasteiger partial charge in [-0.25, -0.2) is 0 Å². The van der Waals surface area contributed by atoms with Crippen LogP contribution in [0, 0.1) is 5.92 Å². The summed E-state index contributed by atoms with van der Waals surface area (Å²) in [5.74, 6) is 0.812. The normalized spacial score (nSPS) is 37.5. The van der Waals surface area contributed by atoms with Crippen molar-refractivity contribution >= 4 is 0 Å². The molecule has 0 unspecified atom stereocenters. The Kier molecular flexibility index (Phi) is 3.06. The molecule has 0 aromatic carbocycles. The molecule has 0 fully saturated rings. The zero-order chi connectivity index (χ0) is 10.2. The Balaban J connectivity index is 2.24. The number of rotatable bonds is 1. The van der Waals surface area contributed by atoms with Crippen LogP contribution in [0.15, 0.2) is 23.3 Å². The number of halogens is 1. The third kappa shape index (κ3) is 2.07. The number of allylic oxidation sites excluding steroid dienone is 4. The van der Waals surface area contributed by atoms with Crippen molar-refractivity contribution in [1.82, 2.24) is 0 Å². The van der Waals surface area contributed by atoms with Crippen molar-refractivity contribution in [3.8, 4) is 0 Å². The molecular formula is C13H20I-. The molecule has 0 amide bonds. The molecule has 1 heteroatoms. The van der Waals surface area contributed by atoms with Gasteiger partial charge in [-0.15, -0.1) is 0 Å². The van der Waals surface area contributed by atoms with Crippen LogP contribution in [0.1, 0.15) is 39.5 Å². The Morgan fingerprint density at radius 1 is 1.50 bits per heavy atom. The van der Waals surface area contributed by atoms with Crippen LogP contribution in [0.4, 0.5) is 0 Å². The molecular weight excluding hydrogens is 283 g/mol. The van der Waals surface area contributed by atoms with E-state index in [4.69, 9.17) is 0 Å². The fourth-order valence-corrected chi connectivity index (χ4v) is 4.30. The van der Waals surface area contributed by atoms with Crippen LogP contribution in [0.5, 0.6) is 0 Å². The first-order valence-corrected chi connectivity index (χ1v) is 8.76. The Hall–Kier alpha value is 0.210. The summed E-state index contributed by atoms with van der Waals surface area (Å²) in [4.78, 5) is 2.44. The number of fused-ring (bicyclic) bond motifs is 1. The van der Waals surface area contributed by atoms with Crippen LogP contribution in [-0.2, 0) is 0 Å². The van der Waals surface area contributed by atoms with E-state index in [-0.39, 0.29) is 0 Å². The molecule has 0 aliphatic heterocycles. The fraction of sp³-hybridized carbons (Fsp3) is 0.692. The minimum absolute atomic E-state index is 0.346. The van der Waals surface area contributed by atoms with Crippen LogP contribution in [-0.4, -0.2) is 8.35 Å². The molecule has 0 bridgehead atoms. The SMILES string of the molecule is C[I-][C@]1(C)C=C2CC(C)=C[C@@H]2CCC1. The summed E-state index contributed by atoms with van der Waals surface area (Å²) in [6.45, 7) is 4.76. The van der Waals surface area contributed by atoms with E-state index >= 15 is 0 Å². The van der Waals surface area contributed by atoms with Gasteiger partial charge in [-0.3, -0.25) is 0 Å². The molecule has 0 heterocycles. The summed E-state index contributed by atoms with van der Waals surface area (Å²) < 4.78 is 0.599. The first-order valence-electron chi connectivity index (χ1n) is 5.52. The first-order chi connectivity index (χ1) is 6.63. The van der Waals surface area contributed by atoms with E-state index in [1.165, 1.54) is 25.7 Å². The zero-order valence-corrected chi connectivity index (χ0v) is 11.6. The Labute approximate surface area is 98.1 Å². The van der Waals surface area contributed by atoms with Gasteiger partial charge in [0, 0.05) is 0 Å². The summed E-state index contributed by atoms with van der Waals surface area (Å²) >= 11 is 0.346. The van der Waals surface area contributed by atoms with Gasteiger partial charge in [0.2, 0.25) is 0 Å². The van der Waals surface area contributed by atoms with Crippen molar-refractivity contribution in [2.24, 2.45) is 5.92 Å². The molecule has 80 valence electrons. The summed E-state index contributed by atoms with van der Waals surface area (Å²) in [5, 5.41) is 0. The molecule has 0 aromatic rings. The molecule has 0 radical (unpaired) electrons. The predicted octanol–water partition coefficient (Wildman–Crippen LogP) is 0.540. The second-order valence-electron chi connectivity index (χ2n) is 4.87. The minimum atomic E-state index is 0.346. The molecule has 2 atom stereocenters. The maximum atomic E-state index is 2.64. The van der Waals surface area contributed by atoms with Crippen molar-refractivity contribution in [1.29, 1.82) is 0 Å². The van der Waals surface area contributed by atoms with Crippen LogP contribution >= 0.6 is 0 Å². The van der Waals surface area contributed by atoms with Gasteiger partial charge in [0.05, 0.1) is 0 Å². The van der Waals surface area contributed by atoms with Gasteiger partial charge in [-0.05, 0) is 0 Å². The van der Waals surface area contributed by atoms with Gasteiger partial charge in [0.15, 0.2) is 0 Å². The summed E-state index contributed by atoms with van der Waals surface area (Å²) in [5.41, 5.74) is 3.34. The van der Waals surface area contributed by atoms with E-state index in [0.29, 0.717) is 24.6 Å². The van der Waals surface area contributed by atoms with E-state index in [9.17, 15) is 0 Å². The van der Waals surface area contributed by atoms with Gasteiger partial charge in [-0.1, -0.05) is 0 Å². The molecule has 0 saturated carbocycles. The molecule has 14 heavy (non-hydrogen) atoms. The van der Waals surface area contributed by atoms with Crippen molar-refractivity contribution in [3.05, 3.63) is 23.3 Å². The summed E-state index contributed by atoms with van der Waals surface area (Å²) in [7, 11) is 0. The molecule has 0 nitrogen and oxygen atoms in total. The average Bonchev–Trinajstić information content (AvgIpc) is 2.39. The van der Waals surface area contributed by atoms with Gasteiger partial charge in [0.25, 0.3) is 0 Å². The number of hydrogen-bond acceptors (Lipinski definition) is 0. The summed E-state index contributed by atoms with van der Waals surface area (Å²) in [6, 6.07) is 0. The third-order valence-corrected chi connectivity index (χ3v) is 6.86. The van der Waals surface area contributed by atoms with Crippen molar-refractivity contribution in [2.45, 2.75) is 43.0 Å². The molecule has 0 N–H and O–H groups in total. The number of alkyl halides is 2. The van der Waals surface area contributed by atoms with Gasteiger partial charge in [0.1, 0.15) is 0 Å². The zero-order valence-electron chi connectivity index (χ0n) is 9.44. The Morgan fingerprint density at radius 3 is 3.00 bits per heavy atom. The molecule has 2 rings (SSSR count). The van der Waals surface area contributed by atoms with Crippen molar-refractivity contribution in [3.63, 3.8) is 0 Å². The van der Waals surface area contributed by atoms with Gasteiger partial charge >= 0.3 is 98.3 Å². The maximum absolute atomic E-state index is 2.64. The van der Waals surface area contributed by atoms with E-state index in [1.54, 1.807) is 11.1 Å². The van der Waals surface area contributed by atoms with Crippen LogP contribution in [0.3, 0.4) is 0 Å². The molecule has 0 aromatic heterocycles. The predicted molar refractivity (Wildman–Crippen MR) is 58.1 cm³/mol. The van der Waals surface area contributed by atoms with Crippen LogP contribution < -0.4 is 21.2 Å². The topological polar surface area (TPSA) is 0 Å². The van der Waals surface area contributed by atoms with E-state index in [2.05, 4.69) is 30.9 Å². The monoisotopic (exact) mass is 303 g/mol. The summed E-state index contributed by atoms with van der Waals surface area (Å²) in [6.07, 6.45) is 10.7. The number of hydrogen-bond donors (Lipinski definition) is 0. The van der Waals surface area contributed by atoms with Crippen LogP contribution in [0.25, 0.3) is 0 Å². The Morgan fingerprint density at radius 2 is 2.29 bits per heavy atom. The van der Waals surface area contributed by atoms with Crippen LogP contribution in [0.2, 0.25) is 0 Å². The quantitative estimate of drug-likeness (QED) is 0.377. The second kappa shape index (κ2) is 3.99. The van der Waals surface area contributed by atoms with E-state index in [1.807, 2.05) is 0 Å². The molecule has 2 aliphatic rings. The van der Waals surface area contributed by atoms with E-state index in [0.717, 1.165) is 5.92 Å². The Bertz CT molecular complexity index is 288. The second-order valence-corrected chi connectivity index (χ2v) is 8.42. The van der Waals surface area contributed by atoms with Crippen molar-refractivity contribution in [2.75, 3.05) is 4.93 Å². The third-order valence-electron chi connectivity index (χ3n) is 3.54. The standard InChI is InChI=1S/C13H20I/c1-10-7-11-5-4-6-13(2,14-3)9-12(11)8-10/h7,9,11H,4-6,8H2,1-3H3/q-1/t11-,13-/m0/s1.